The predicted octanol–water partition coefficient (Wildman–Crippen LogP) is 3.66. The molecule has 0 bridgehead atoms. The highest BCUT2D eigenvalue weighted by Crippen LogP contribution is 2.28. The van der Waals surface area contributed by atoms with Gasteiger partial charge in [0.2, 0.25) is 0 Å². The minimum absolute atomic E-state index is 0.232. The zero-order valence-corrected chi connectivity index (χ0v) is 13.0. The van der Waals surface area contributed by atoms with Crippen molar-refractivity contribution in [1.82, 2.24) is 0 Å². The van der Waals surface area contributed by atoms with Crippen LogP contribution in [0.25, 0.3) is 0 Å². The van der Waals surface area contributed by atoms with E-state index in [0.29, 0.717) is 16.1 Å². The lowest BCUT2D eigenvalue weighted by Crippen LogP contribution is -2.14. The van der Waals surface area contributed by atoms with Crippen molar-refractivity contribution in [3.05, 3.63) is 51.2 Å². The number of thiophene rings is 1. The molecule has 0 fully saturated rings. The molecule has 1 amide bonds. The summed E-state index contributed by atoms with van der Waals surface area (Å²) in [7, 11) is 1.33. The largest absolute Gasteiger partial charge is 0.465 e. The summed E-state index contributed by atoms with van der Waals surface area (Å²) in [6, 6.07) is 7.43. The van der Waals surface area contributed by atoms with Crippen LogP contribution in [0.3, 0.4) is 0 Å². The molecule has 0 saturated heterocycles. The van der Waals surface area contributed by atoms with Crippen LogP contribution in [-0.2, 0) is 11.2 Å². The average molecular weight is 303 g/mol. The molecule has 2 rings (SSSR count). The van der Waals surface area contributed by atoms with Gasteiger partial charge in [-0.05, 0) is 42.0 Å². The van der Waals surface area contributed by atoms with Gasteiger partial charge in [-0.2, -0.15) is 0 Å². The van der Waals surface area contributed by atoms with E-state index in [4.69, 9.17) is 4.74 Å². The number of benzene rings is 1. The summed E-state index contributed by atoms with van der Waals surface area (Å²) in [6.45, 7) is 3.91. The number of esters is 1. The molecule has 21 heavy (non-hydrogen) atoms. The quantitative estimate of drug-likeness (QED) is 0.877. The first-order valence-electron chi connectivity index (χ1n) is 6.63. The summed E-state index contributed by atoms with van der Waals surface area (Å²) < 4.78 is 4.73. The Balaban J connectivity index is 2.23. The van der Waals surface area contributed by atoms with E-state index in [9.17, 15) is 9.59 Å². The Kier molecular flexibility index (Phi) is 4.75. The molecule has 0 atom stereocenters. The van der Waals surface area contributed by atoms with Crippen molar-refractivity contribution >= 4 is 28.9 Å². The van der Waals surface area contributed by atoms with Gasteiger partial charge in [0, 0.05) is 5.56 Å². The lowest BCUT2D eigenvalue weighted by atomic mass is 10.1. The van der Waals surface area contributed by atoms with Crippen LogP contribution < -0.4 is 5.32 Å². The molecule has 1 aromatic carbocycles. The fourth-order valence-corrected chi connectivity index (χ4v) is 2.84. The summed E-state index contributed by atoms with van der Waals surface area (Å²) in [6.07, 6.45) is 0.929. The maximum absolute atomic E-state index is 12.3. The van der Waals surface area contributed by atoms with E-state index < -0.39 is 5.97 Å². The van der Waals surface area contributed by atoms with Crippen LogP contribution in [0.5, 0.6) is 0 Å². The Morgan fingerprint density at radius 1 is 1.24 bits per heavy atom. The van der Waals surface area contributed by atoms with Crippen molar-refractivity contribution < 1.29 is 14.3 Å². The van der Waals surface area contributed by atoms with Crippen LogP contribution in [0.2, 0.25) is 0 Å². The molecule has 0 aliphatic rings. The van der Waals surface area contributed by atoms with Crippen LogP contribution >= 0.6 is 11.3 Å². The highest BCUT2D eigenvalue weighted by atomic mass is 32.1. The summed E-state index contributed by atoms with van der Waals surface area (Å²) in [5.74, 6) is -0.672. The molecule has 4 nitrogen and oxygen atoms in total. The van der Waals surface area contributed by atoms with E-state index in [1.807, 2.05) is 24.4 Å². The van der Waals surface area contributed by atoms with Crippen molar-refractivity contribution in [1.29, 1.82) is 0 Å². The molecule has 1 aromatic heterocycles. The number of carbonyl (C=O) groups is 2. The van der Waals surface area contributed by atoms with Gasteiger partial charge >= 0.3 is 5.97 Å². The van der Waals surface area contributed by atoms with Gasteiger partial charge in [-0.3, -0.25) is 4.79 Å². The van der Waals surface area contributed by atoms with E-state index in [-0.39, 0.29) is 5.91 Å². The van der Waals surface area contributed by atoms with Crippen molar-refractivity contribution in [3.63, 3.8) is 0 Å². The molecular weight excluding hydrogens is 286 g/mol. The monoisotopic (exact) mass is 303 g/mol. The minimum Gasteiger partial charge on any atom is -0.465 e. The summed E-state index contributed by atoms with van der Waals surface area (Å²) >= 11 is 1.26. The SMILES string of the molecule is CCc1ccc(C(=O)Nc2c(C)csc2C(=O)OC)cc1. The molecule has 0 aliphatic carbocycles. The van der Waals surface area contributed by atoms with Gasteiger partial charge in [0.1, 0.15) is 4.88 Å². The van der Waals surface area contributed by atoms with Crippen molar-refractivity contribution in [2.45, 2.75) is 20.3 Å². The highest BCUT2D eigenvalue weighted by molar-refractivity contribution is 7.12. The smallest absolute Gasteiger partial charge is 0.350 e. The molecular formula is C16H17NO3S. The first kappa shape index (κ1) is 15.3. The van der Waals surface area contributed by atoms with Gasteiger partial charge in [-0.25, -0.2) is 4.79 Å². The Hall–Kier alpha value is -2.14. The number of carbonyl (C=O) groups excluding carboxylic acids is 2. The van der Waals surface area contributed by atoms with Gasteiger partial charge < -0.3 is 10.1 Å². The van der Waals surface area contributed by atoms with E-state index in [2.05, 4.69) is 12.2 Å². The van der Waals surface area contributed by atoms with E-state index >= 15 is 0 Å². The third-order valence-corrected chi connectivity index (χ3v) is 4.29. The van der Waals surface area contributed by atoms with Gasteiger partial charge in [-0.15, -0.1) is 11.3 Å². The van der Waals surface area contributed by atoms with E-state index in [1.54, 1.807) is 12.1 Å². The van der Waals surface area contributed by atoms with Crippen molar-refractivity contribution in [2.75, 3.05) is 12.4 Å². The molecule has 2 aromatic rings. The third-order valence-electron chi connectivity index (χ3n) is 3.21. The van der Waals surface area contributed by atoms with Crippen molar-refractivity contribution in [2.24, 2.45) is 0 Å². The first-order valence-corrected chi connectivity index (χ1v) is 7.51. The van der Waals surface area contributed by atoms with Crippen LogP contribution in [0.15, 0.2) is 29.6 Å². The maximum atomic E-state index is 12.3. The summed E-state index contributed by atoms with van der Waals surface area (Å²) in [4.78, 5) is 24.4. The third kappa shape index (κ3) is 3.31. The molecule has 1 heterocycles. The van der Waals surface area contributed by atoms with Crippen LogP contribution in [0, 0.1) is 6.92 Å². The Morgan fingerprint density at radius 2 is 1.90 bits per heavy atom. The topological polar surface area (TPSA) is 55.4 Å². The fraction of sp³-hybridized carbons (Fsp3) is 0.250. The first-order chi connectivity index (χ1) is 10.1. The number of ether oxygens (including phenoxy) is 1. The van der Waals surface area contributed by atoms with Crippen molar-refractivity contribution in [3.8, 4) is 0 Å². The van der Waals surface area contributed by atoms with Gasteiger partial charge in [0.25, 0.3) is 5.91 Å². The number of nitrogens with one attached hydrogen (secondary N) is 1. The lowest BCUT2D eigenvalue weighted by Gasteiger charge is -2.08. The van der Waals surface area contributed by atoms with E-state index in [1.165, 1.54) is 24.0 Å². The Bertz CT molecular complexity index is 659. The molecule has 110 valence electrons. The zero-order chi connectivity index (χ0) is 15.4. The molecule has 0 saturated carbocycles. The second-order valence-corrected chi connectivity index (χ2v) is 5.50. The Labute approximate surface area is 127 Å². The number of anilines is 1. The van der Waals surface area contributed by atoms with Gasteiger partial charge in [0.05, 0.1) is 12.8 Å². The second-order valence-electron chi connectivity index (χ2n) is 4.62. The Morgan fingerprint density at radius 3 is 2.48 bits per heavy atom. The number of aryl methyl sites for hydroxylation is 2. The standard InChI is InChI=1S/C16H17NO3S/c1-4-11-5-7-12(8-6-11)15(18)17-13-10(2)9-21-14(13)16(19)20-3/h5-9H,4H2,1-3H3,(H,17,18). The molecule has 5 heteroatoms. The van der Waals surface area contributed by atoms with Crippen LogP contribution in [0.1, 0.15) is 38.1 Å². The molecule has 0 radical (unpaired) electrons. The average Bonchev–Trinajstić information content (AvgIpc) is 2.87. The van der Waals surface area contributed by atoms with E-state index in [0.717, 1.165) is 12.0 Å². The van der Waals surface area contributed by atoms with Gasteiger partial charge in [0.15, 0.2) is 0 Å². The molecule has 1 N–H and O–H groups in total. The number of hydrogen-bond acceptors (Lipinski definition) is 4. The molecule has 0 aliphatic heterocycles. The summed E-state index contributed by atoms with van der Waals surface area (Å²) in [5, 5.41) is 4.62. The number of amides is 1. The van der Waals surface area contributed by atoms with Gasteiger partial charge in [-0.1, -0.05) is 19.1 Å². The predicted molar refractivity (Wildman–Crippen MR) is 84.2 cm³/mol. The molecule has 0 unspecified atom stereocenters. The number of methoxy groups -OCH3 is 1. The maximum Gasteiger partial charge on any atom is 0.350 e. The zero-order valence-electron chi connectivity index (χ0n) is 12.2. The van der Waals surface area contributed by atoms with Crippen LogP contribution in [-0.4, -0.2) is 19.0 Å². The highest BCUT2D eigenvalue weighted by Gasteiger charge is 2.19. The number of rotatable bonds is 4. The fourth-order valence-electron chi connectivity index (χ4n) is 1.92. The lowest BCUT2D eigenvalue weighted by molar-refractivity contribution is 0.0607. The molecule has 0 spiro atoms. The summed E-state index contributed by atoms with van der Waals surface area (Å²) in [5.41, 5.74) is 3.11. The number of hydrogen-bond donors (Lipinski definition) is 1. The normalized spacial score (nSPS) is 10.2. The van der Waals surface area contributed by atoms with Crippen LogP contribution in [0.4, 0.5) is 5.69 Å². The minimum atomic E-state index is -0.440. The second kappa shape index (κ2) is 6.54.